The Morgan fingerprint density at radius 1 is 1.00 bits per heavy atom. The molecule has 10 heteroatoms. The molecule has 3 rings (SSSR count). The van der Waals surface area contributed by atoms with Crippen LogP contribution >= 0.6 is 23.2 Å². The predicted octanol–water partition coefficient (Wildman–Crippen LogP) is 4.82. The summed E-state index contributed by atoms with van der Waals surface area (Å²) in [5, 5.41) is 7.66. The van der Waals surface area contributed by atoms with Crippen LogP contribution in [0.15, 0.2) is 65.6 Å². The minimum absolute atomic E-state index is 0.0132. The smallest absolute Gasteiger partial charge is 0.259 e. The van der Waals surface area contributed by atoms with Gasteiger partial charge in [-0.15, -0.1) is 0 Å². The monoisotopic (exact) mass is 454 g/mol. The summed E-state index contributed by atoms with van der Waals surface area (Å²) >= 11 is 11.9. The molecule has 0 fully saturated rings. The maximum Gasteiger partial charge on any atom is 0.259 e. The van der Waals surface area contributed by atoms with E-state index in [2.05, 4.69) is 5.32 Å². The molecule has 3 aromatic rings. The van der Waals surface area contributed by atoms with Crippen LogP contribution in [0.2, 0.25) is 10.0 Å². The van der Waals surface area contributed by atoms with Crippen LogP contribution in [0.1, 0.15) is 10.4 Å². The Labute approximate surface area is 176 Å². The number of nitrogens with one attached hydrogen (secondary N) is 1. The first-order valence-electron chi connectivity index (χ1n) is 8.01. The molecule has 0 saturated heterocycles. The van der Waals surface area contributed by atoms with Crippen molar-refractivity contribution in [3.63, 3.8) is 0 Å². The highest BCUT2D eigenvalue weighted by Gasteiger charge is 2.17. The average Bonchev–Trinajstić information content (AvgIpc) is 2.66. The van der Waals surface area contributed by atoms with Gasteiger partial charge in [-0.1, -0.05) is 35.3 Å². The lowest BCUT2D eigenvalue weighted by Crippen LogP contribution is -2.15. The zero-order valence-corrected chi connectivity index (χ0v) is 16.9. The van der Waals surface area contributed by atoms with E-state index in [1.807, 2.05) is 0 Å². The van der Waals surface area contributed by atoms with Gasteiger partial charge in [0, 0.05) is 10.7 Å². The van der Waals surface area contributed by atoms with Crippen molar-refractivity contribution in [2.45, 2.75) is 4.90 Å². The molecule has 6 nitrogen and oxygen atoms in total. The molecule has 0 aliphatic rings. The quantitative estimate of drug-likeness (QED) is 0.576. The molecule has 3 aromatic carbocycles. The zero-order chi connectivity index (χ0) is 21.2. The fraction of sp³-hybridized carbons (Fsp3) is 0. The van der Waals surface area contributed by atoms with Crippen molar-refractivity contribution in [1.29, 1.82) is 0 Å². The number of benzene rings is 3. The van der Waals surface area contributed by atoms with Gasteiger partial charge >= 0.3 is 0 Å². The highest BCUT2D eigenvalue weighted by atomic mass is 35.5. The Kier molecular flexibility index (Phi) is 6.09. The van der Waals surface area contributed by atoms with E-state index in [4.69, 9.17) is 33.1 Å². The van der Waals surface area contributed by atoms with Gasteiger partial charge in [0.05, 0.1) is 10.5 Å². The lowest BCUT2D eigenvalue weighted by atomic mass is 10.1. The van der Waals surface area contributed by atoms with E-state index in [1.54, 1.807) is 0 Å². The van der Waals surface area contributed by atoms with Crippen LogP contribution < -0.4 is 15.2 Å². The van der Waals surface area contributed by atoms with Gasteiger partial charge in [0.15, 0.2) is 0 Å². The van der Waals surface area contributed by atoms with E-state index in [-0.39, 0.29) is 37.7 Å². The average molecular weight is 455 g/mol. The lowest BCUT2D eigenvalue weighted by molar-refractivity contribution is 0.102. The van der Waals surface area contributed by atoms with Crippen molar-refractivity contribution in [2.75, 3.05) is 5.32 Å². The number of hydrogen-bond acceptors (Lipinski definition) is 4. The number of halogens is 3. The van der Waals surface area contributed by atoms with Crippen LogP contribution in [-0.2, 0) is 10.0 Å². The van der Waals surface area contributed by atoms with E-state index in [0.29, 0.717) is 0 Å². The van der Waals surface area contributed by atoms with Gasteiger partial charge in [-0.3, -0.25) is 4.79 Å². The molecule has 0 saturated carbocycles. The number of hydrogen-bond donors (Lipinski definition) is 2. The van der Waals surface area contributed by atoms with Crippen molar-refractivity contribution in [3.8, 4) is 11.5 Å². The molecule has 150 valence electrons. The first-order valence-corrected chi connectivity index (χ1v) is 10.3. The summed E-state index contributed by atoms with van der Waals surface area (Å²) in [7, 11) is -3.94. The normalized spacial score (nSPS) is 11.2. The number of nitrogens with two attached hydrogens (primary N) is 1. The van der Waals surface area contributed by atoms with Crippen molar-refractivity contribution in [2.24, 2.45) is 5.14 Å². The standard InChI is InChI=1S/C19H13Cl2FN2O4S/c20-11-7-8-16(28-17-6-2-5-15(22)18(17)21)14(9-11)19(25)24-12-3-1-4-13(10-12)29(23,26)27/h1-10H,(H,24,25)(H2,23,26,27). The van der Waals surface area contributed by atoms with E-state index in [0.717, 1.165) is 0 Å². The summed E-state index contributed by atoms with van der Waals surface area (Å²) in [6, 6.07) is 13.7. The van der Waals surface area contributed by atoms with Gasteiger partial charge in [0.1, 0.15) is 22.3 Å². The number of ether oxygens (including phenoxy) is 1. The second-order valence-electron chi connectivity index (χ2n) is 5.82. The molecule has 29 heavy (non-hydrogen) atoms. The van der Waals surface area contributed by atoms with E-state index in [1.165, 1.54) is 60.7 Å². The van der Waals surface area contributed by atoms with Gasteiger partial charge in [-0.25, -0.2) is 17.9 Å². The maximum absolute atomic E-state index is 13.7. The van der Waals surface area contributed by atoms with Crippen molar-refractivity contribution in [1.82, 2.24) is 0 Å². The number of anilines is 1. The van der Waals surface area contributed by atoms with Crippen molar-refractivity contribution >= 4 is 44.8 Å². The fourth-order valence-electron chi connectivity index (χ4n) is 2.40. The third-order valence-electron chi connectivity index (χ3n) is 3.74. The summed E-state index contributed by atoms with van der Waals surface area (Å²) in [6.07, 6.45) is 0. The van der Waals surface area contributed by atoms with Crippen LogP contribution in [-0.4, -0.2) is 14.3 Å². The van der Waals surface area contributed by atoms with Gasteiger partial charge < -0.3 is 10.1 Å². The molecule has 0 aliphatic carbocycles. The first-order chi connectivity index (χ1) is 13.6. The minimum Gasteiger partial charge on any atom is -0.455 e. The molecule has 0 aromatic heterocycles. The van der Waals surface area contributed by atoms with E-state index in [9.17, 15) is 17.6 Å². The Bertz CT molecular complexity index is 1200. The second kappa shape index (κ2) is 8.38. The highest BCUT2D eigenvalue weighted by molar-refractivity contribution is 7.89. The van der Waals surface area contributed by atoms with Crippen LogP contribution in [0.5, 0.6) is 11.5 Å². The molecule has 1 amide bonds. The Hall–Kier alpha value is -2.65. The zero-order valence-electron chi connectivity index (χ0n) is 14.5. The fourth-order valence-corrected chi connectivity index (χ4v) is 3.30. The number of carbonyl (C=O) groups is 1. The number of carbonyl (C=O) groups excluding carboxylic acids is 1. The summed E-state index contributed by atoms with van der Waals surface area (Å²) in [5.74, 6) is -1.23. The molecule has 0 bridgehead atoms. The maximum atomic E-state index is 13.7. The van der Waals surface area contributed by atoms with Crippen LogP contribution in [0, 0.1) is 5.82 Å². The summed E-state index contributed by atoms with van der Waals surface area (Å²) in [5.41, 5.74) is 0.218. The van der Waals surface area contributed by atoms with Gasteiger partial charge in [-0.05, 0) is 48.5 Å². The third-order valence-corrected chi connectivity index (χ3v) is 5.26. The van der Waals surface area contributed by atoms with Crippen molar-refractivity contribution < 1.29 is 22.3 Å². The van der Waals surface area contributed by atoms with Crippen LogP contribution in [0.3, 0.4) is 0 Å². The molecule has 3 N–H and O–H groups in total. The lowest BCUT2D eigenvalue weighted by Gasteiger charge is -2.13. The van der Waals surface area contributed by atoms with Crippen LogP contribution in [0.4, 0.5) is 10.1 Å². The topological polar surface area (TPSA) is 98.5 Å². The molecule has 0 radical (unpaired) electrons. The largest absolute Gasteiger partial charge is 0.455 e. The highest BCUT2D eigenvalue weighted by Crippen LogP contribution is 2.34. The molecule has 0 aliphatic heterocycles. The summed E-state index contributed by atoms with van der Waals surface area (Å²) < 4.78 is 42.2. The Balaban J connectivity index is 1.93. The first kappa shape index (κ1) is 21.1. The van der Waals surface area contributed by atoms with E-state index < -0.39 is 21.7 Å². The number of sulfonamides is 1. The molecule has 0 unspecified atom stereocenters. The minimum atomic E-state index is -3.94. The number of rotatable bonds is 5. The molecule has 0 spiro atoms. The van der Waals surface area contributed by atoms with Gasteiger partial charge in [0.2, 0.25) is 10.0 Å². The Morgan fingerprint density at radius 3 is 2.45 bits per heavy atom. The SMILES string of the molecule is NS(=O)(=O)c1cccc(NC(=O)c2cc(Cl)ccc2Oc2cccc(F)c2Cl)c1. The van der Waals surface area contributed by atoms with E-state index >= 15 is 0 Å². The summed E-state index contributed by atoms with van der Waals surface area (Å²) in [4.78, 5) is 12.6. The number of amides is 1. The molecule has 0 heterocycles. The Morgan fingerprint density at radius 2 is 1.72 bits per heavy atom. The van der Waals surface area contributed by atoms with Gasteiger partial charge in [-0.2, -0.15) is 0 Å². The molecular formula is C19H13Cl2FN2O4S. The van der Waals surface area contributed by atoms with Crippen LogP contribution in [0.25, 0.3) is 0 Å². The van der Waals surface area contributed by atoms with Crippen molar-refractivity contribution in [3.05, 3.63) is 82.1 Å². The second-order valence-corrected chi connectivity index (χ2v) is 8.20. The summed E-state index contributed by atoms with van der Waals surface area (Å²) in [6.45, 7) is 0. The third kappa shape index (κ3) is 5.04. The predicted molar refractivity (Wildman–Crippen MR) is 109 cm³/mol. The molecule has 0 atom stereocenters. The number of primary sulfonamides is 1. The van der Waals surface area contributed by atoms with Gasteiger partial charge in [0.25, 0.3) is 5.91 Å². The molecular weight excluding hydrogens is 442 g/mol.